The summed E-state index contributed by atoms with van der Waals surface area (Å²) in [7, 11) is 0. The summed E-state index contributed by atoms with van der Waals surface area (Å²) < 4.78 is 0.894. The zero-order valence-corrected chi connectivity index (χ0v) is 8.24. The molecule has 0 aliphatic heterocycles. The quantitative estimate of drug-likeness (QED) is 0.464. The largest absolute Gasteiger partial charge is 0.294 e. The molecule has 0 fully saturated rings. The van der Waals surface area contributed by atoms with Crippen LogP contribution >= 0.6 is 22.6 Å². The minimum absolute atomic E-state index is 0.236. The molecule has 1 aromatic carbocycles. The molecule has 0 saturated carbocycles. The number of rotatable bonds is 3. The van der Waals surface area contributed by atoms with Gasteiger partial charge in [0.05, 0.1) is 0 Å². The predicted octanol–water partition coefficient (Wildman–Crippen LogP) is 2.69. The van der Waals surface area contributed by atoms with E-state index in [1.54, 1.807) is 0 Å². The lowest BCUT2D eigenvalue weighted by Gasteiger charge is -1.95. The molecule has 0 aromatic heterocycles. The lowest BCUT2D eigenvalue weighted by atomic mass is 10.1. The molecule has 1 nitrogen and oxygen atoms in total. The van der Waals surface area contributed by atoms with E-state index >= 15 is 0 Å². The molecule has 0 saturated heterocycles. The number of ketones is 1. The molecule has 58 valence electrons. The fourth-order valence-electron chi connectivity index (χ4n) is 0.854. The minimum atomic E-state index is 0.236. The van der Waals surface area contributed by atoms with Crippen LogP contribution in [-0.2, 0) is 0 Å². The molecule has 0 aliphatic carbocycles. The Morgan fingerprint density at radius 1 is 1.27 bits per heavy atom. The summed E-state index contributed by atoms with van der Waals surface area (Å²) in [5.74, 6) is 0.236. The highest BCUT2D eigenvalue weighted by Crippen LogP contribution is 2.03. The van der Waals surface area contributed by atoms with Gasteiger partial charge in [0.2, 0.25) is 0 Å². The van der Waals surface area contributed by atoms with Crippen LogP contribution in [0.15, 0.2) is 30.3 Å². The van der Waals surface area contributed by atoms with Crippen LogP contribution in [0.2, 0.25) is 0 Å². The Hall–Kier alpha value is -0.380. The van der Waals surface area contributed by atoms with E-state index < -0.39 is 0 Å². The summed E-state index contributed by atoms with van der Waals surface area (Å²) in [6, 6.07) is 9.41. The van der Waals surface area contributed by atoms with Crippen LogP contribution in [0.1, 0.15) is 16.8 Å². The van der Waals surface area contributed by atoms with Gasteiger partial charge < -0.3 is 0 Å². The number of alkyl halides is 1. The van der Waals surface area contributed by atoms with Crippen molar-refractivity contribution in [1.82, 2.24) is 0 Å². The summed E-state index contributed by atoms with van der Waals surface area (Å²) in [5, 5.41) is 0. The van der Waals surface area contributed by atoms with Gasteiger partial charge in [-0.25, -0.2) is 0 Å². The third-order valence-corrected chi connectivity index (χ3v) is 1.96. The first kappa shape index (κ1) is 8.71. The topological polar surface area (TPSA) is 17.1 Å². The average molecular weight is 260 g/mol. The molecule has 1 aromatic rings. The average Bonchev–Trinajstić information content (AvgIpc) is 2.07. The van der Waals surface area contributed by atoms with Crippen LogP contribution in [-0.4, -0.2) is 10.2 Å². The summed E-state index contributed by atoms with van der Waals surface area (Å²) in [4.78, 5) is 11.2. The second-order valence-electron chi connectivity index (χ2n) is 2.23. The van der Waals surface area contributed by atoms with Gasteiger partial charge in [0.1, 0.15) is 0 Å². The van der Waals surface area contributed by atoms with Gasteiger partial charge in [-0.3, -0.25) is 4.79 Å². The van der Waals surface area contributed by atoms with Gasteiger partial charge in [0.15, 0.2) is 5.78 Å². The highest BCUT2D eigenvalue weighted by Gasteiger charge is 2.01. The normalized spacial score (nSPS) is 9.55. The SMILES string of the molecule is O=C(CCI)c1ccccc1. The van der Waals surface area contributed by atoms with Crippen molar-refractivity contribution in [3.8, 4) is 0 Å². The molecule has 1 rings (SSSR count). The maximum absolute atomic E-state index is 11.2. The Balaban J connectivity index is 2.69. The van der Waals surface area contributed by atoms with E-state index in [1.807, 2.05) is 30.3 Å². The summed E-state index contributed by atoms with van der Waals surface area (Å²) >= 11 is 2.21. The lowest BCUT2D eigenvalue weighted by Crippen LogP contribution is -1.98. The summed E-state index contributed by atoms with van der Waals surface area (Å²) in [5.41, 5.74) is 0.823. The summed E-state index contributed by atoms with van der Waals surface area (Å²) in [6.07, 6.45) is 0.643. The van der Waals surface area contributed by atoms with Crippen molar-refractivity contribution in [3.63, 3.8) is 0 Å². The number of Topliss-reactive ketones (excluding diaryl/α,β-unsaturated/α-hetero) is 1. The van der Waals surface area contributed by atoms with Gasteiger partial charge in [0, 0.05) is 16.4 Å². The molecule has 0 N–H and O–H groups in total. The Kier molecular flexibility index (Phi) is 3.56. The van der Waals surface area contributed by atoms with Crippen molar-refractivity contribution in [3.05, 3.63) is 35.9 Å². The molecule has 0 heterocycles. The molecular weight excluding hydrogens is 251 g/mol. The molecule has 0 unspecified atom stereocenters. The van der Waals surface area contributed by atoms with Crippen molar-refractivity contribution in [2.24, 2.45) is 0 Å². The van der Waals surface area contributed by atoms with E-state index in [0.717, 1.165) is 9.99 Å². The highest BCUT2D eigenvalue weighted by molar-refractivity contribution is 14.1. The number of halogens is 1. The standard InChI is InChI=1S/C9H9IO/c10-7-6-9(11)8-4-2-1-3-5-8/h1-5H,6-7H2. The molecular formula is C9H9IO. The Morgan fingerprint density at radius 3 is 2.45 bits per heavy atom. The van der Waals surface area contributed by atoms with E-state index in [-0.39, 0.29) is 5.78 Å². The fraction of sp³-hybridized carbons (Fsp3) is 0.222. The number of benzene rings is 1. The minimum Gasteiger partial charge on any atom is -0.294 e. The number of carbonyl (C=O) groups is 1. The Morgan fingerprint density at radius 2 is 1.91 bits per heavy atom. The zero-order chi connectivity index (χ0) is 8.10. The van der Waals surface area contributed by atoms with Gasteiger partial charge in [0.25, 0.3) is 0 Å². The van der Waals surface area contributed by atoms with Crippen LogP contribution in [0.25, 0.3) is 0 Å². The van der Waals surface area contributed by atoms with Gasteiger partial charge >= 0.3 is 0 Å². The highest BCUT2D eigenvalue weighted by atomic mass is 127. The van der Waals surface area contributed by atoms with E-state index in [0.29, 0.717) is 6.42 Å². The summed E-state index contributed by atoms with van der Waals surface area (Å²) in [6.45, 7) is 0. The number of carbonyl (C=O) groups excluding carboxylic acids is 1. The maximum Gasteiger partial charge on any atom is 0.163 e. The first-order valence-corrected chi connectivity index (χ1v) is 5.01. The smallest absolute Gasteiger partial charge is 0.163 e. The van der Waals surface area contributed by atoms with Gasteiger partial charge in [-0.05, 0) is 0 Å². The second-order valence-corrected chi connectivity index (χ2v) is 3.31. The van der Waals surface area contributed by atoms with Crippen molar-refractivity contribution in [2.75, 3.05) is 4.43 Å². The molecule has 0 atom stereocenters. The second kappa shape index (κ2) is 4.49. The number of hydrogen-bond donors (Lipinski definition) is 0. The molecule has 0 bridgehead atoms. The first-order valence-electron chi connectivity index (χ1n) is 3.49. The molecule has 0 spiro atoms. The van der Waals surface area contributed by atoms with Gasteiger partial charge in [-0.2, -0.15) is 0 Å². The predicted molar refractivity (Wildman–Crippen MR) is 54.3 cm³/mol. The van der Waals surface area contributed by atoms with Crippen molar-refractivity contribution in [2.45, 2.75) is 6.42 Å². The maximum atomic E-state index is 11.2. The molecule has 0 aliphatic rings. The number of hydrogen-bond acceptors (Lipinski definition) is 1. The lowest BCUT2D eigenvalue weighted by molar-refractivity contribution is 0.0990. The third kappa shape index (κ3) is 2.61. The van der Waals surface area contributed by atoms with E-state index in [1.165, 1.54) is 0 Å². The van der Waals surface area contributed by atoms with Crippen LogP contribution in [0, 0.1) is 0 Å². The Labute approximate surface area is 79.9 Å². The van der Waals surface area contributed by atoms with Crippen molar-refractivity contribution in [1.29, 1.82) is 0 Å². The molecule has 11 heavy (non-hydrogen) atoms. The van der Waals surface area contributed by atoms with Crippen molar-refractivity contribution < 1.29 is 4.79 Å². The van der Waals surface area contributed by atoms with Gasteiger partial charge in [-0.1, -0.05) is 52.9 Å². The van der Waals surface area contributed by atoms with Crippen molar-refractivity contribution >= 4 is 28.4 Å². The van der Waals surface area contributed by atoms with Crippen LogP contribution in [0.4, 0.5) is 0 Å². The van der Waals surface area contributed by atoms with Crippen LogP contribution < -0.4 is 0 Å². The van der Waals surface area contributed by atoms with E-state index in [2.05, 4.69) is 22.6 Å². The Bertz CT molecular complexity index is 231. The van der Waals surface area contributed by atoms with Crippen LogP contribution in [0.5, 0.6) is 0 Å². The van der Waals surface area contributed by atoms with Gasteiger partial charge in [-0.15, -0.1) is 0 Å². The zero-order valence-electron chi connectivity index (χ0n) is 6.09. The first-order chi connectivity index (χ1) is 5.34. The monoisotopic (exact) mass is 260 g/mol. The van der Waals surface area contributed by atoms with E-state index in [4.69, 9.17) is 0 Å². The molecule has 2 heteroatoms. The van der Waals surface area contributed by atoms with E-state index in [9.17, 15) is 4.79 Å². The van der Waals surface area contributed by atoms with Crippen LogP contribution in [0.3, 0.4) is 0 Å². The molecule has 0 radical (unpaired) electrons. The fourth-order valence-corrected chi connectivity index (χ4v) is 1.34. The molecule has 0 amide bonds. The third-order valence-electron chi connectivity index (χ3n) is 1.42.